The molecule has 0 saturated heterocycles. The highest BCUT2D eigenvalue weighted by Gasteiger charge is 2.25. The van der Waals surface area contributed by atoms with Crippen LogP contribution in [0, 0.1) is 0 Å². The van der Waals surface area contributed by atoms with Crippen molar-refractivity contribution in [3.63, 3.8) is 0 Å². The fourth-order valence-corrected chi connectivity index (χ4v) is 4.74. The molecule has 3 aromatic rings. The van der Waals surface area contributed by atoms with E-state index in [1.807, 2.05) is 48.7 Å². The third-order valence-electron chi connectivity index (χ3n) is 6.10. The summed E-state index contributed by atoms with van der Waals surface area (Å²) in [5, 5.41) is 15.9. The molecule has 2 atom stereocenters. The Balaban J connectivity index is 1.57. The average molecular weight is 538 g/mol. The van der Waals surface area contributed by atoms with Gasteiger partial charge in [0, 0.05) is 29.6 Å². The van der Waals surface area contributed by atoms with Crippen molar-refractivity contribution in [1.82, 2.24) is 10.3 Å². The number of hydrogen-bond acceptors (Lipinski definition) is 8. The number of ether oxygens (including phenoxy) is 3. The van der Waals surface area contributed by atoms with Crippen LogP contribution in [0.15, 0.2) is 60.8 Å². The van der Waals surface area contributed by atoms with Crippen molar-refractivity contribution in [3.05, 3.63) is 66.4 Å². The molecule has 0 unspecified atom stereocenters. The lowest BCUT2D eigenvalue weighted by Crippen LogP contribution is -2.36. The summed E-state index contributed by atoms with van der Waals surface area (Å²) < 4.78 is 17.2. The molecule has 1 aliphatic rings. The zero-order chi connectivity index (χ0) is 26.9. The van der Waals surface area contributed by atoms with Gasteiger partial charge in [-0.2, -0.15) is 11.8 Å². The Kier molecular flexibility index (Phi) is 9.45. The molecule has 2 aromatic carbocycles. The number of para-hydroxylation sites is 1. The van der Waals surface area contributed by atoms with Gasteiger partial charge >= 0.3 is 5.97 Å². The summed E-state index contributed by atoms with van der Waals surface area (Å²) in [6.45, 7) is 0.513. The number of carboxylic acid groups (broad SMARTS) is 1. The first-order valence-electron chi connectivity index (χ1n) is 12.2. The summed E-state index contributed by atoms with van der Waals surface area (Å²) in [5.74, 6) is 1.16. The minimum Gasteiger partial charge on any atom is -0.496 e. The number of methoxy groups -OCH3 is 1. The van der Waals surface area contributed by atoms with E-state index < -0.39 is 18.1 Å². The van der Waals surface area contributed by atoms with Gasteiger partial charge in [0.05, 0.1) is 13.5 Å². The summed E-state index contributed by atoms with van der Waals surface area (Å²) in [7, 11) is 1.59. The summed E-state index contributed by atoms with van der Waals surface area (Å²) in [5.41, 5.74) is 2.97. The molecule has 1 aromatic heterocycles. The lowest BCUT2D eigenvalue weighted by molar-refractivity contribution is -0.139. The zero-order valence-electron chi connectivity index (χ0n) is 21.3. The van der Waals surface area contributed by atoms with Crippen molar-refractivity contribution in [3.8, 4) is 28.5 Å². The van der Waals surface area contributed by atoms with Gasteiger partial charge in [0.1, 0.15) is 24.5 Å². The number of fused-ring (bicyclic) bond motifs is 1. The molecule has 0 aliphatic carbocycles. The number of thioether (sulfide) groups is 1. The summed E-state index contributed by atoms with van der Waals surface area (Å²) in [4.78, 5) is 29.0. The second kappa shape index (κ2) is 13.2. The molecule has 38 heavy (non-hydrogen) atoms. The maximum absolute atomic E-state index is 13.1. The number of amides is 1. The van der Waals surface area contributed by atoms with E-state index in [9.17, 15) is 14.7 Å². The molecular weight excluding hydrogens is 506 g/mol. The maximum atomic E-state index is 13.1. The first-order valence-corrected chi connectivity index (χ1v) is 13.6. The minimum atomic E-state index is -0.895. The topological polar surface area (TPSA) is 119 Å². The third-order valence-corrected chi connectivity index (χ3v) is 6.74. The van der Waals surface area contributed by atoms with Gasteiger partial charge in [-0.25, -0.2) is 4.98 Å². The molecule has 0 radical (unpaired) electrons. The Morgan fingerprint density at radius 1 is 1.18 bits per heavy atom. The number of carbonyl (C=O) groups is 2. The number of carboxylic acids is 1. The van der Waals surface area contributed by atoms with Gasteiger partial charge in [0.25, 0.3) is 5.88 Å². The van der Waals surface area contributed by atoms with Gasteiger partial charge in [-0.3, -0.25) is 9.59 Å². The highest BCUT2D eigenvalue weighted by molar-refractivity contribution is 7.98. The monoisotopic (exact) mass is 537 g/mol. The number of nitrogens with zero attached hydrogens (tertiary/aromatic N) is 1. The Bertz CT molecular complexity index is 1270. The average Bonchev–Trinajstić information content (AvgIpc) is 2.93. The zero-order valence-corrected chi connectivity index (χ0v) is 22.1. The van der Waals surface area contributed by atoms with Crippen molar-refractivity contribution in [2.24, 2.45) is 0 Å². The van der Waals surface area contributed by atoms with Crippen LogP contribution in [-0.2, 0) is 16.1 Å². The molecule has 200 valence electrons. The molecule has 3 N–H and O–H groups in total. The second-order valence-corrected chi connectivity index (χ2v) is 9.69. The number of aromatic nitrogens is 1. The van der Waals surface area contributed by atoms with Gasteiger partial charge in [-0.15, -0.1) is 0 Å². The molecule has 10 heteroatoms. The van der Waals surface area contributed by atoms with Gasteiger partial charge in [0.2, 0.25) is 5.91 Å². The lowest BCUT2D eigenvalue weighted by Gasteiger charge is -2.25. The number of anilines is 1. The van der Waals surface area contributed by atoms with E-state index in [-0.39, 0.29) is 18.9 Å². The summed E-state index contributed by atoms with van der Waals surface area (Å²) in [6, 6.07) is 15.9. The van der Waals surface area contributed by atoms with Crippen LogP contribution in [0.5, 0.6) is 17.4 Å². The number of pyridine rings is 1. The van der Waals surface area contributed by atoms with Crippen molar-refractivity contribution >= 4 is 29.3 Å². The normalized spacial score (nSPS) is 14.9. The molecule has 0 spiro atoms. The van der Waals surface area contributed by atoms with Crippen LogP contribution in [0.25, 0.3) is 11.1 Å². The van der Waals surface area contributed by atoms with Gasteiger partial charge < -0.3 is 30.0 Å². The van der Waals surface area contributed by atoms with Crippen LogP contribution in [0.2, 0.25) is 0 Å². The predicted octanol–water partition coefficient (Wildman–Crippen LogP) is 4.22. The molecule has 0 bridgehead atoms. The van der Waals surface area contributed by atoms with Crippen molar-refractivity contribution in [2.45, 2.75) is 31.5 Å². The van der Waals surface area contributed by atoms with Crippen LogP contribution in [0.3, 0.4) is 0 Å². The highest BCUT2D eigenvalue weighted by Crippen LogP contribution is 2.38. The summed E-state index contributed by atoms with van der Waals surface area (Å²) >= 11 is 1.60. The standard InChI is InChI=1S/C28H31N3O6S/c1-35-23-10-4-3-8-20(23)26-18(16-30-22(28(33)34)12-14-38-2)7-5-9-21(26)31-25(32)15-19-17-36-27-24(37-19)11-6-13-29-27/h3-11,13,19,22,30H,12,14-17H2,1-2H3,(H,31,32)(H,33,34)/t19-,22-/m1/s1. The minimum absolute atomic E-state index is 0.0813. The molecule has 1 aliphatic heterocycles. The Morgan fingerprint density at radius 3 is 2.82 bits per heavy atom. The highest BCUT2D eigenvalue weighted by atomic mass is 32.2. The largest absolute Gasteiger partial charge is 0.496 e. The predicted molar refractivity (Wildman–Crippen MR) is 147 cm³/mol. The number of carbonyl (C=O) groups excluding carboxylic acids is 1. The van der Waals surface area contributed by atoms with Crippen LogP contribution in [0.4, 0.5) is 5.69 Å². The molecule has 0 fully saturated rings. The van der Waals surface area contributed by atoms with Crippen molar-refractivity contribution in [1.29, 1.82) is 0 Å². The Morgan fingerprint density at radius 2 is 2.03 bits per heavy atom. The second-order valence-electron chi connectivity index (χ2n) is 8.70. The molecule has 0 saturated carbocycles. The van der Waals surface area contributed by atoms with Gasteiger partial charge in [0.15, 0.2) is 5.75 Å². The van der Waals surface area contributed by atoms with Crippen molar-refractivity contribution < 1.29 is 28.9 Å². The first kappa shape index (κ1) is 27.3. The Labute approximate surface area is 225 Å². The third kappa shape index (κ3) is 6.76. The number of aliphatic carboxylic acids is 1. The number of rotatable bonds is 12. The van der Waals surface area contributed by atoms with Crippen LogP contribution < -0.4 is 24.8 Å². The lowest BCUT2D eigenvalue weighted by atomic mass is 9.96. The van der Waals surface area contributed by atoms with Crippen LogP contribution >= 0.6 is 11.8 Å². The van der Waals surface area contributed by atoms with Gasteiger partial charge in [-0.1, -0.05) is 30.3 Å². The molecule has 2 heterocycles. The van der Waals surface area contributed by atoms with E-state index in [4.69, 9.17) is 14.2 Å². The van der Waals surface area contributed by atoms with E-state index >= 15 is 0 Å². The molecule has 9 nitrogen and oxygen atoms in total. The van der Waals surface area contributed by atoms with E-state index in [1.165, 1.54) is 0 Å². The fourth-order valence-electron chi connectivity index (χ4n) is 4.27. The fraction of sp³-hybridized carbons (Fsp3) is 0.321. The SMILES string of the molecule is COc1ccccc1-c1c(CN[C@H](CCSC)C(=O)O)cccc1NC(=O)C[C@@H]1COc2ncccc2O1. The molecular formula is C28H31N3O6S. The number of benzene rings is 2. The van der Waals surface area contributed by atoms with E-state index in [0.29, 0.717) is 36.0 Å². The van der Waals surface area contributed by atoms with E-state index in [0.717, 1.165) is 22.4 Å². The van der Waals surface area contributed by atoms with Crippen LogP contribution in [-0.4, -0.2) is 59.8 Å². The number of nitrogens with one attached hydrogen (secondary N) is 2. The van der Waals surface area contributed by atoms with E-state index in [1.54, 1.807) is 37.2 Å². The van der Waals surface area contributed by atoms with Gasteiger partial charge in [-0.05, 0) is 48.3 Å². The molecule has 4 rings (SSSR count). The van der Waals surface area contributed by atoms with Crippen LogP contribution in [0.1, 0.15) is 18.4 Å². The number of hydrogen-bond donors (Lipinski definition) is 3. The maximum Gasteiger partial charge on any atom is 0.320 e. The summed E-state index contributed by atoms with van der Waals surface area (Å²) in [6.07, 6.45) is 3.69. The van der Waals surface area contributed by atoms with E-state index in [2.05, 4.69) is 15.6 Å². The smallest absolute Gasteiger partial charge is 0.320 e. The quantitative estimate of drug-likeness (QED) is 0.312. The Hall–Kier alpha value is -3.76. The first-order chi connectivity index (χ1) is 18.5. The van der Waals surface area contributed by atoms with Crippen molar-refractivity contribution in [2.75, 3.05) is 31.0 Å². The molecule has 1 amide bonds.